The first-order valence-corrected chi connectivity index (χ1v) is 15.1. The Morgan fingerprint density at radius 3 is 1.93 bits per heavy atom. The molecule has 0 amide bonds. The fourth-order valence-corrected chi connectivity index (χ4v) is 5.23. The lowest BCUT2D eigenvalue weighted by Gasteiger charge is -2.41. The molecule has 28 heavy (non-hydrogen) atoms. The van der Waals surface area contributed by atoms with Crippen molar-refractivity contribution in [2.45, 2.75) is 148 Å². The van der Waals surface area contributed by atoms with Crippen LogP contribution in [0.25, 0.3) is 0 Å². The maximum atomic E-state index is 9.43. The second-order valence-corrected chi connectivity index (χ2v) is 15.2. The second-order valence-electron chi connectivity index (χ2n) is 10.4. The van der Waals surface area contributed by atoms with Gasteiger partial charge >= 0.3 is 0 Å². The average molecular weight is 415 g/mol. The Morgan fingerprint density at radius 2 is 1.46 bits per heavy atom. The first kappa shape index (κ1) is 26.1. The summed E-state index contributed by atoms with van der Waals surface area (Å²) in [5.74, 6) is 0. The van der Waals surface area contributed by atoms with Crippen LogP contribution in [0.2, 0.25) is 18.1 Å². The zero-order valence-electron chi connectivity index (χ0n) is 19.9. The molecule has 0 aromatic heterocycles. The number of unbranched alkanes of at least 4 members (excludes halogenated alkanes) is 9. The first-order valence-electron chi connectivity index (χ1n) is 12.2. The van der Waals surface area contributed by atoms with Crippen molar-refractivity contribution in [1.82, 2.24) is 0 Å². The van der Waals surface area contributed by atoms with Gasteiger partial charge in [0.1, 0.15) is 0 Å². The lowest BCUT2D eigenvalue weighted by atomic mass is 10.0. The minimum atomic E-state index is -1.81. The molecule has 1 aliphatic rings. The molecule has 0 unspecified atom stereocenters. The van der Waals surface area contributed by atoms with Gasteiger partial charge in [0.15, 0.2) is 8.32 Å². The number of hydrogen-bond donors (Lipinski definition) is 1. The van der Waals surface area contributed by atoms with E-state index in [0.29, 0.717) is 0 Å². The van der Waals surface area contributed by atoms with Gasteiger partial charge in [0.05, 0.1) is 24.9 Å². The fraction of sp³-hybridized carbons (Fsp3) is 1.00. The third-order valence-electron chi connectivity index (χ3n) is 6.85. The van der Waals surface area contributed by atoms with E-state index < -0.39 is 8.32 Å². The van der Waals surface area contributed by atoms with Crippen molar-refractivity contribution in [3.8, 4) is 0 Å². The zero-order chi connectivity index (χ0) is 21.0. The van der Waals surface area contributed by atoms with E-state index in [2.05, 4.69) is 40.8 Å². The smallest absolute Gasteiger partial charge is 0.192 e. The van der Waals surface area contributed by atoms with E-state index in [0.717, 1.165) is 19.3 Å². The molecule has 0 radical (unpaired) electrons. The maximum Gasteiger partial charge on any atom is 0.192 e. The molecule has 3 nitrogen and oxygen atoms in total. The zero-order valence-corrected chi connectivity index (χ0v) is 20.9. The number of aliphatic hydroxyl groups excluding tert-OH is 1. The molecule has 1 N–H and O–H groups in total. The van der Waals surface area contributed by atoms with Crippen molar-refractivity contribution < 1.29 is 14.3 Å². The predicted molar refractivity (Wildman–Crippen MR) is 124 cm³/mol. The largest absolute Gasteiger partial charge is 0.411 e. The summed E-state index contributed by atoms with van der Waals surface area (Å²) in [5, 5.41) is 9.66. The van der Waals surface area contributed by atoms with E-state index >= 15 is 0 Å². The minimum absolute atomic E-state index is 0.0169. The molecule has 1 saturated heterocycles. The third kappa shape index (κ3) is 9.73. The molecule has 1 heterocycles. The van der Waals surface area contributed by atoms with Crippen LogP contribution in [0.3, 0.4) is 0 Å². The highest BCUT2D eigenvalue weighted by atomic mass is 28.4. The van der Waals surface area contributed by atoms with Crippen molar-refractivity contribution in [3.63, 3.8) is 0 Å². The van der Waals surface area contributed by atoms with Gasteiger partial charge in [0, 0.05) is 0 Å². The molecule has 1 fully saturated rings. The summed E-state index contributed by atoms with van der Waals surface area (Å²) < 4.78 is 12.9. The minimum Gasteiger partial charge on any atom is -0.411 e. The number of aliphatic hydroxyl groups is 1. The second kappa shape index (κ2) is 13.4. The van der Waals surface area contributed by atoms with Crippen LogP contribution in [0, 0.1) is 0 Å². The van der Waals surface area contributed by atoms with Crippen molar-refractivity contribution in [2.24, 2.45) is 0 Å². The average Bonchev–Trinajstić information content (AvgIpc) is 3.10. The van der Waals surface area contributed by atoms with Gasteiger partial charge < -0.3 is 14.3 Å². The summed E-state index contributed by atoms with van der Waals surface area (Å²) in [5.41, 5.74) is 0. The molecule has 0 aliphatic carbocycles. The monoisotopic (exact) mass is 414 g/mol. The van der Waals surface area contributed by atoms with Gasteiger partial charge in [-0.15, -0.1) is 0 Å². The van der Waals surface area contributed by atoms with Crippen LogP contribution in [0.4, 0.5) is 0 Å². The summed E-state index contributed by atoms with van der Waals surface area (Å²) in [7, 11) is -1.81. The number of ether oxygens (including phenoxy) is 1. The maximum absolute atomic E-state index is 9.43. The van der Waals surface area contributed by atoms with E-state index in [1.807, 2.05) is 0 Å². The van der Waals surface area contributed by atoms with Gasteiger partial charge in [0.25, 0.3) is 0 Å². The molecular formula is C24H50O3Si. The number of rotatable bonds is 15. The number of hydrogen-bond acceptors (Lipinski definition) is 3. The van der Waals surface area contributed by atoms with E-state index in [1.165, 1.54) is 64.2 Å². The van der Waals surface area contributed by atoms with E-state index in [9.17, 15) is 5.11 Å². The first-order chi connectivity index (χ1) is 13.2. The van der Waals surface area contributed by atoms with Gasteiger partial charge in [0.2, 0.25) is 0 Å². The summed E-state index contributed by atoms with van der Waals surface area (Å²) in [6.07, 6.45) is 17.1. The Morgan fingerprint density at radius 1 is 0.929 bits per heavy atom. The van der Waals surface area contributed by atoms with Gasteiger partial charge in [-0.2, -0.15) is 0 Å². The predicted octanol–water partition coefficient (Wildman–Crippen LogP) is 7.23. The standard InChI is InChI=1S/C24H50O3Si/c1-7-8-9-10-11-12-13-14-15-16-17-23(22-19-18-21(20-25)26-22)27-28(5,6)24(2,3)4/h21-23,25H,7-20H2,1-6H3/t21-,22-,23-/m1/s1. The van der Waals surface area contributed by atoms with Crippen molar-refractivity contribution >= 4 is 8.32 Å². The van der Waals surface area contributed by atoms with Crippen molar-refractivity contribution in [1.29, 1.82) is 0 Å². The Labute approximate surface area is 177 Å². The normalized spacial score (nSPS) is 22.0. The molecule has 0 bridgehead atoms. The molecule has 1 aliphatic heterocycles. The van der Waals surface area contributed by atoms with Crippen molar-refractivity contribution in [2.75, 3.05) is 6.61 Å². The van der Waals surface area contributed by atoms with Crippen LogP contribution in [-0.2, 0) is 9.16 Å². The Kier molecular flexibility index (Phi) is 12.5. The van der Waals surface area contributed by atoms with E-state index in [1.54, 1.807) is 0 Å². The summed E-state index contributed by atoms with van der Waals surface area (Å²) in [6, 6.07) is 0. The summed E-state index contributed by atoms with van der Waals surface area (Å²) in [6.45, 7) is 14.0. The Bertz CT molecular complexity index is 392. The van der Waals surface area contributed by atoms with Crippen LogP contribution < -0.4 is 0 Å². The summed E-state index contributed by atoms with van der Waals surface area (Å²) in [4.78, 5) is 0. The molecular weight excluding hydrogens is 364 g/mol. The van der Waals surface area contributed by atoms with Gasteiger partial charge in [-0.3, -0.25) is 0 Å². The topological polar surface area (TPSA) is 38.7 Å². The lowest BCUT2D eigenvalue weighted by Crippen LogP contribution is -2.47. The van der Waals surface area contributed by atoms with E-state index in [4.69, 9.17) is 9.16 Å². The SMILES string of the molecule is CCCCCCCCCCCC[C@@H](O[Si](C)(C)C(C)(C)C)[C@H]1CC[C@H](CO)O1. The molecule has 4 heteroatoms. The lowest BCUT2D eigenvalue weighted by molar-refractivity contribution is -0.0468. The molecule has 0 aromatic rings. The summed E-state index contributed by atoms with van der Waals surface area (Å²) >= 11 is 0. The van der Waals surface area contributed by atoms with Crippen LogP contribution >= 0.6 is 0 Å². The van der Waals surface area contributed by atoms with Gasteiger partial charge in [-0.1, -0.05) is 91.9 Å². The third-order valence-corrected chi connectivity index (χ3v) is 11.4. The molecule has 0 saturated carbocycles. The van der Waals surface area contributed by atoms with Crippen molar-refractivity contribution in [3.05, 3.63) is 0 Å². The van der Waals surface area contributed by atoms with Gasteiger partial charge in [-0.05, 0) is 37.4 Å². The molecule has 0 aromatic carbocycles. The highest BCUT2D eigenvalue weighted by molar-refractivity contribution is 6.74. The highest BCUT2D eigenvalue weighted by Gasteiger charge is 2.42. The van der Waals surface area contributed by atoms with E-state index in [-0.39, 0.29) is 30.0 Å². The van der Waals surface area contributed by atoms with Gasteiger partial charge in [-0.25, -0.2) is 0 Å². The highest BCUT2D eigenvalue weighted by Crippen LogP contribution is 2.39. The van der Waals surface area contributed by atoms with Crippen LogP contribution in [-0.4, -0.2) is 38.3 Å². The Balaban J connectivity index is 2.36. The van der Waals surface area contributed by atoms with Crippen LogP contribution in [0.1, 0.15) is 111 Å². The Hall–Kier alpha value is 0.0969. The fourth-order valence-electron chi connectivity index (χ4n) is 3.85. The van der Waals surface area contributed by atoms with Crippen LogP contribution in [0.15, 0.2) is 0 Å². The molecule has 3 atom stereocenters. The molecule has 168 valence electrons. The quantitative estimate of drug-likeness (QED) is 0.227. The molecule has 0 spiro atoms. The van der Waals surface area contributed by atoms with Crippen LogP contribution in [0.5, 0.6) is 0 Å². The molecule has 1 rings (SSSR count).